The van der Waals surface area contributed by atoms with Crippen LogP contribution in [0.3, 0.4) is 0 Å². The van der Waals surface area contributed by atoms with Crippen molar-refractivity contribution in [1.29, 1.82) is 0 Å². The van der Waals surface area contributed by atoms with E-state index in [2.05, 4.69) is 15.6 Å². The Kier molecular flexibility index (Phi) is 3.70. The van der Waals surface area contributed by atoms with Gasteiger partial charge in [-0.05, 0) is 31.5 Å². The first kappa shape index (κ1) is 13.8. The monoisotopic (exact) mass is 301 g/mol. The van der Waals surface area contributed by atoms with Gasteiger partial charge in [-0.25, -0.2) is 0 Å². The molecule has 3 rings (SSSR count). The molecule has 0 bridgehead atoms. The van der Waals surface area contributed by atoms with E-state index < -0.39 is 6.04 Å². The van der Waals surface area contributed by atoms with Crippen molar-refractivity contribution in [3.63, 3.8) is 0 Å². The zero-order valence-corrected chi connectivity index (χ0v) is 12.4. The van der Waals surface area contributed by atoms with E-state index in [9.17, 15) is 9.59 Å². The van der Waals surface area contributed by atoms with Crippen molar-refractivity contribution in [1.82, 2.24) is 10.3 Å². The number of rotatable bonds is 3. The van der Waals surface area contributed by atoms with E-state index in [1.807, 2.05) is 24.4 Å². The average molecular weight is 301 g/mol. The van der Waals surface area contributed by atoms with Crippen LogP contribution in [-0.4, -0.2) is 22.8 Å². The maximum absolute atomic E-state index is 12.2. The Labute approximate surface area is 126 Å². The quantitative estimate of drug-likeness (QED) is 0.914. The molecular formula is C15H15N3O2S. The summed E-state index contributed by atoms with van der Waals surface area (Å²) >= 11 is 1.64. The predicted octanol–water partition coefficient (Wildman–Crippen LogP) is 2.34. The summed E-state index contributed by atoms with van der Waals surface area (Å²) in [7, 11) is 0. The van der Waals surface area contributed by atoms with Crippen molar-refractivity contribution in [2.24, 2.45) is 0 Å². The number of nitrogens with zero attached hydrogens (tertiary/aromatic N) is 1. The molecule has 1 aliphatic rings. The maximum Gasteiger partial charge on any atom is 0.247 e. The second kappa shape index (κ2) is 5.65. The molecule has 108 valence electrons. The summed E-state index contributed by atoms with van der Waals surface area (Å²) in [5.74, 6) is -0.267. The van der Waals surface area contributed by atoms with Crippen molar-refractivity contribution in [3.8, 4) is 11.3 Å². The van der Waals surface area contributed by atoms with Crippen LogP contribution in [0.15, 0.2) is 29.8 Å². The summed E-state index contributed by atoms with van der Waals surface area (Å²) in [6.45, 7) is 2.03. The molecule has 2 amide bonds. The SMILES string of the molecule is Cc1cc(-c2ncccc2NC(=O)[C@@H]2CCC(=O)N2)cs1. The van der Waals surface area contributed by atoms with Gasteiger partial charge in [-0.15, -0.1) is 11.3 Å². The average Bonchev–Trinajstić information content (AvgIpc) is 3.08. The molecule has 0 unspecified atom stereocenters. The van der Waals surface area contributed by atoms with E-state index in [1.165, 1.54) is 4.88 Å². The van der Waals surface area contributed by atoms with Crippen LogP contribution in [0.25, 0.3) is 11.3 Å². The van der Waals surface area contributed by atoms with E-state index >= 15 is 0 Å². The second-order valence-corrected chi connectivity index (χ2v) is 6.11. The normalized spacial score (nSPS) is 17.6. The number of nitrogens with one attached hydrogen (secondary N) is 2. The van der Waals surface area contributed by atoms with Gasteiger partial charge in [0.05, 0.1) is 11.4 Å². The Hall–Kier alpha value is -2.21. The molecule has 1 fully saturated rings. The lowest BCUT2D eigenvalue weighted by molar-refractivity contribution is -0.122. The Morgan fingerprint density at radius 3 is 3.05 bits per heavy atom. The van der Waals surface area contributed by atoms with E-state index in [0.29, 0.717) is 18.5 Å². The molecule has 2 aromatic heterocycles. The molecule has 6 heteroatoms. The maximum atomic E-state index is 12.2. The summed E-state index contributed by atoms with van der Waals surface area (Å²) in [6.07, 6.45) is 2.65. The van der Waals surface area contributed by atoms with Crippen LogP contribution in [0.1, 0.15) is 17.7 Å². The number of anilines is 1. The van der Waals surface area contributed by atoms with E-state index in [-0.39, 0.29) is 11.8 Å². The summed E-state index contributed by atoms with van der Waals surface area (Å²) in [6, 6.07) is 5.20. The van der Waals surface area contributed by atoms with Crippen LogP contribution < -0.4 is 10.6 Å². The third-order valence-corrected chi connectivity index (χ3v) is 4.24. The number of carbonyl (C=O) groups is 2. The molecule has 0 spiro atoms. The molecule has 0 aliphatic carbocycles. The second-order valence-electron chi connectivity index (χ2n) is 4.99. The lowest BCUT2D eigenvalue weighted by Crippen LogP contribution is -2.37. The number of hydrogen-bond donors (Lipinski definition) is 2. The first-order valence-corrected chi connectivity index (χ1v) is 7.62. The molecule has 1 atom stereocenters. The fourth-order valence-corrected chi connectivity index (χ4v) is 3.02. The fourth-order valence-electron chi connectivity index (χ4n) is 2.33. The van der Waals surface area contributed by atoms with Gasteiger partial charge in [0.25, 0.3) is 0 Å². The van der Waals surface area contributed by atoms with Gasteiger partial charge in [-0.1, -0.05) is 0 Å². The standard InChI is InChI=1S/C15H15N3O2S/c1-9-7-10(8-21-9)14-11(3-2-6-16-14)18-15(20)12-4-5-13(19)17-12/h2-3,6-8,12H,4-5H2,1H3,(H,17,19)(H,18,20)/t12-/m0/s1. The summed E-state index contributed by atoms with van der Waals surface area (Å²) in [5, 5.41) is 7.56. The number of thiophene rings is 1. The molecule has 1 aliphatic heterocycles. The third kappa shape index (κ3) is 2.95. The molecular weight excluding hydrogens is 286 g/mol. The lowest BCUT2D eigenvalue weighted by atomic mass is 10.1. The number of carbonyl (C=O) groups excluding carboxylic acids is 2. The lowest BCUT2D eigenvalue weighted by Gasteiger charge is -2.13. The number of aryl methyl sites for hydroxylation is 1. The number of hydrogen-bond acceptors (Lipinski definition) is 4. The molecule has 2 aromatic rings. The van der Waals surface area contributed by atoms with Crippen molar-refractivity contribution in [2.75, 3.05) is 5.32 Å². The Bertz CT molecular complexity index is 696. The molecule has 3 heterocycles. The zero-order chi connectivity index (χ0) is 14.8. The number of amides is 2. The van der Waals surface area contributed by atoms with Crippen LogP contribution in [0.2, 0.25) is 0 Å². The smallest absolute Gasteiger partial charge is 0.247 e. The van der Waals surface area contributed by atoms with Gasteiger partial charge in [0.1, 0.15) is 6.04 Å². The fraction of sp³-hybridized carbons (Fsp3) is 0.267. The molecule has 2 N–H and O–H groups in total. The summed E-state index contributed by atoms with van der Waals surface area (Å²) in [4.78, 5) is 28.9. The van der Waals surface area contributed by atoms with Gasteiger partial charge in [0.15, 0.2) is 0 Å². The summed E-state index contributed by atoms with van der Waals surface area (Å²) in [5.41, 5.74) is 2.41. The summed E-state index contributed by atoms with van der Waals surface area (Å²) < 4.78 is 0. The van der Waals surface area contributed by atoms with Crippen LogP contribution in [0.4, 0.5) is 5.69 Å². The van der Waals surface area contributed by atoms with Crippen molar-refractivity contribution < 1.29 is 9.59 Å². The molecule has 0 radical (unpaired) electrons. The Morgan fingerprint density at radius 1 is 1.52 bits per heavy atom. The first-order chi connectivity index (χ1) is 10.1. The molecule has 0 aromatic carbocycles. The minimum absolute atomic E-state index is 0.0741. The van der Waals surface area contributed by atoms with E-state index in [4.69, 9.17) is 0 Å². The highest BCUT2D eigenvalue weighted by Gasteiger charge is 2.27. The first-order valence-electron chi connectivity index (χ1n) is 6.74. The molecule has 21 heavy (non-hydrogen) atoms. The Morgan fingerprint density at radius 2 is 2.38 bits per heavy atom. The van der Waals surface area contributed by atoms with Crippen molar-refractivity contribution >= 4 is 28.8 Å². The van der Waals surface area contributed by atoms with Gasteiger partial charge in [0.2, 0.25) is 11.8 Å². The van der Waals surface area contributed by atoms with E-state index in [1.54, 1.807) is 23.6 Å². The molecule has 0 saturated carbocycles. The predicted molar refractivity (Wildman–Crippen MR) is 82.1 cm³/mol. The van der Waals surface area contributed by atoms with Gasteiger partial charge in [-0.2, -0.15) is 0 Å². The van der Waals surface area contributed by atoms with Crippen LogP contribution in [0, 0.1) is 6.92 Å². The number of aromatic nitrogens is 1. The van der Waals surface area contributed by atoms with Crippen molar-refractivity contribution in [2.45, 2.75) is 25.8 Å². The minimum Gasteiger partial charge on any atom is -0.344 e. The highest BCUT2D eigenvalue weighted by Crippen LogP contribution is 2.29. The highest BCUT2D eigenvalue weighted by molar-refractivity contribution is 7.10. The largest absolute Gasteiger partial charge is 0.344 e. The zero-order valence-electron chi connectivity index (χ0n) is 11.6. The van der Waals surface area contributed by atoms with Crippen LogP contribution in [-0.2, 0) is 9.59 Å². The van der Waals surface area contributed by atoms with Gasteiger partial charge < -0.3 is 10.6 Å². The van der Waals surface area contributed by atoms with Crippen molar-refractivity contribution in [3.05, 3.63) is 34.7 Å². The molecule has 1 saturated heterocycles. The van der Waals surface area contributed by atoms with Crippen LogP contribution >= 0.6 is 11.3 Å². The third-order valence-electron chi connectivity index (χ3n) is 3.38. The topological polar surface area (TPSA) is 71.1 Å². The number of pyridine rings is 1. The van der Waals surface area contributed by atoms with Gasteiger partial charge in [-0.3, -0.25) is 14.6 Å². The van der Waals surface area contributed by atoms with Crippen LogP contribution in [0.5, 0.6) is 0 Å². The Balaban J connectivity index is 1.82. The highest BCUT2D eigenvalue weighted by atomic mass is 32.1. The minimum atomic E-state index is -0.449. The van der Waals surface area contributed by atoms with Gasteiger partial charge >= 0.3 is 0 Å². The molecule has 5 nitrogen and oxygen atoms in total. The van der Waals surface area contributed by atoms with Gasteiger partial charge in [0, 0.05) is 28.4 Å². The van der Waals surface area contributed by atoms with E-state index in [0.717, 1.165) is 11.3 Å².